The van der Waals surface area contributed by atoms with Gasteiger partial charge in [-0.2, -0.15) is 0 Å². The summed E-state index contributed by atoms with van der Waals surface area (Å²) in [5, 5.41) is 95.1. The summed E-state index contributed by atoms with van der Waals surface area (Å²) in [6.45, 7) is 0. The van der Waals surface area contributed by atoms with E-state index in [-0.39, 0.29) is 0 Å². The van der Waals surface area contributed by atoms with Crippen LogP contribution in [0.15, 0.2) is 0 Å². The fourth-order valence-electron chi connectivity index (χ4n) is 2.43. The van der Waals surface area contributed by atoms with Gasteiger partial charge in [0.15, 0.2) is 0 Å². The Morgan fingerprint density at radius 1 is 0.526 bits per heavy atom. The summed E-state index contributed by atoms with van der Waals surface area (Å²) in [5.74, 6) is -21.4. The molecule has 0 N–H and O–H groups in total. The first-order valence-electron chi connectivity index (χ1n) is 8.05. The van der Waals surface area contributed by atoms with Crippen LogP contribution in [-0.4, -0.2) is 74.7 Å². The number of rotatable bonds is 12. The Kier molecular flexibility index (Phi) is 6.30. The molecule has 0 atom stereocenters. The van der Waals surface area contributed by atoms with Gasteiger partial charge in [0.2, 0.25) is 29.5 Å². The lowest BCUT2D eigenvalue weighted by molar-refractivity contribution is -1.01. The third-order valence-electron chi connectivity index (χ3n) is 3.96. The summed E-state index contributed by atoms with van der Waals surface area (Å²) in [6, 6.07) is 0. The Balaban J connectivity index is 3.13. The van der Waals surface area contributed by atoms with Gasteiger partial charge in [-0.25, -0.2) is 0 Å². The smallest absolute Gasteiger partial charge is 0.390 e. The highest BCUT2D eigenvalue weighted by Gasteiger charge is 2.81. The lowest BCUT2D eigenvalue weighted by Crippen LogP contribution is -2.57. The molecule has 0 radical (unpaired) electrons. The fraction of sp³-hybridized carbons (Fsp3) is 0.286. The molecule has 0 aliphatic carbocycles. The number of aromatic nitrogens is 6. The average molecular weight is 552 g/mol. The second-order valence-corrected chi connectivity index (χ2v) is 5.88. The zero-order valence-electron chi connectivity index (χ0n) is 16.7. The highest BCUT2D eigenvalue weighted by molar-refractivity contribution is 6.04. The first-order chi connectivity index (χ1) is 17.4. The topological polar surface area (TPSA) is 424 Å². The largest absolute Gasteiger partial charge is 0.835 e. The van der Waals surface area contributed by atoms with E-state index in [0.717, 1.165) is 0 Å². The molecule has 0 aliphatic rings. The van der Waals surface area contributed by atoms with Crippen LogP contribution in [0.5, 0.6) is 0 Å². The number of hydrogen-bond donors (Lipinski definition) is 0. The van der Waals surface area contributed by atoms with Gasteiger partial charge in [-0.15, -0.1) is 0 Å². The first-order valence-corrected chi connectivity index (χ1v) is 8.05. The molecule has 2 rings (SSSR count). The molecule has 0 amide bonds. The number of nitro groups is 8. The van der Waals surface area contributed by atoms with Crippen LogP contribution in [0.3, 0.4) is 0 Å². The van der Waals surface area contributed by atoms with Crippen molar-refractivity contribution in [2.45, 2.75) is 11.8 Å². The monoisotopic (exact) mass is 552 g/mol. The minimum atomic E-state index is -5.06. The molecule has 0 aliphatic heterocycles. The van der Waals surface area contributed by atoms with Crippen LogP contribution in [0.2, 0.25) is 0 Å². The first kappa shape index (κ1) is 27.4. The zero-order chi connectivity index (χ0) is 29.5. The van der Waals surface area contributed by atoms with Crippen LogP contribution < -0.4 is 0 Å². The van der Waals surface area contributed by atoms with E-state index in [0.29, 0.717) is 0 Å². The second-order valence-electron chi connectivity index (χ2n) is 5.88. The molecule has 0 saturated carbocycles. The standard InChI is InChI=1S/C7N14O17/c22-1(2-8-4(14(23)24)10-12(2)6(16(27)28,17(29)30)18(31)32)3-9-5(15(25)26)11-13(3)7(19(33)34,20(35)36)21(37)38. The van der Waals surface area contributed by atoms with E-state index in [9.17, 15) is 85.7 Å². The summed E-state index contributed by atoms with van der Waals surface area (Å²) >= 11 is 0. The van der Waals surface area contributed by atoms with Gasteiger partial charge in [0, 0.05) is 9.36 Å². The second kappa shape index (κ2) is 8.74. The van der Waals surface area contributed by atoms with E-state index in [1.807, 2.05) is 0 Å². The van der Waals surface area contributed by atoms with Gasteiger partial charge in [0.25, 0.3) is 0 Å². The quantitative estimate of drug-likeness (QED) is 0.108. The van der Waals surface area contributed by atoms with Crippen molar-refractivity contribution in [3.8, 4) is 0 Å². The molecule has 0 aromatic carbocycles. The van der Waals surface area contributed by atoms with Crippen LogP contribution in [0, 0.1) is 80.9 Å². The molecule has 2 aromatic rings. The van der Waals surface area contributed by atoms with Gasteiger partial charge in [-0.1, -0.05) is 0 Å². The van der Waals surface area contributed by atoms with Crippen molar-refractivity contribution in [1.29, 1.82) is 0 Å². The SMILES string of the molecule is O=C(c1nc([N+](=O)[O-])nn1C([N+](=O)[O-])([N+](=O)[O-])[N+](=O)[O-])c1nc([N+](=O)[O-])nn1C([N+](=O)[O-])([N+](=O)[O-])[N+](=O)[O-]. The van der Waals surface area contributed by atoms with E-state index in [1.54, 1.807) is 0 Å². The van der Waals surface area contributed by atoms with Gasteiger partial charge >= 0.3 is 41.2 Å². The minimum absolute atomic E-state index is 1.25. The Morgan fingerprint density at radius 2 is 0.763 bits per heavy atom. The Hall–Kier alpha value is -6.85. The lowest BCUT2D eigenvalue weighted by atomic mass is 10.3. The maximum Gasteiger partial charge on any atom is 0.835 e. The summed E-state index contributed by atoms with van der Waals surface area (Å²) < 4.78 is -2.49. The van der Waals surface area contributed by atoms with Crippen LogP contribution in [0.25, 0.3) is 0 Å². The summed E-state index contributed by atoms with van der Waals surface area (Å²) in [4.78, 5) is 90.6. The van der Waals surface area contributed by atoms with Crippen molar-refractivity contribution >= 4 is 17.7 Å². The molecule has 2 aromatic heterocycles. The molecule has 38 heavy (non-hydrogen) atoms. The fourth-order valence-corrected chi connectivity index (χ4v) is 2.43. The molecule has 31 nitrogen and oxygen atoms in total. The normalized spacial score (nSPS) is 11.4. The molecular formula is C7N14O17. The molecule has 31 heteroatoms. The maximum atomic E-state index is 13.0. The van der Waals surface area contributed by atoms with Gasteiger partial charge in [-0.05, 0) is 19.8 Å². The maximum absolute atomic E-state index is 13.0. The van der Waals surface area contributed by atoms with Crippen molar-refractivity contribution in [3.05, 3.63) is 92.6 Å². The Bertz CT molecular complexity index is 1300. The zero-order valence-corrected chi connectivity index (χ0v) is 16.7. The molecular weight excluding hydrogens is 552 g/mol. The van der Waals surface area contributed by atoms with Gasteiger partial charge < -0.3 is 20.2 Å². The van der Waals surface area contributed by atoms with Crippen LogP contribution in [0.4, 0.5) is 11.9 Å². The predicted octanol–water partition coefficient (Wildman–Crippen LogP) is -3.29. The van der Waals surface area contributed by atoms with Crippen molar-refractivity contribution in [1.82, 2.24) is 29.5 Å². The van der Waals surface area contributed by atoms with E-state index in [4.69, 9.17) is 0 Å². The van der Waals surface area contributed by atoms with Crippen LogP contribution in [0.1, 0.15) is 16.4 Å². The molecule has 0 bridgehead atoms. The number of carbonyl (C=O) groups excluding carboxylic acids is 1. The van der Waals surface area contributed by atoms with E-state index in [1.165, 1.54) is 0 Å². The number of carbonyl (C=O) groups is 1. The van der Waals surface area contributed by atoms with Crippen molar-refractivity contribution < 1.29 is 44.2 Å². The van der Waals surface area contributed by atoms with Gasteiger partial charge in [-0.3, -0.25) is 65.5 Å². The van der Waals surface area contributed by atoms with Crippen LogP contribution >= 0.6 is 0 Å². The van der Waals surface area contributed by atoms with Gasteiger partial charge in [0.1, 0.15) is 0 Å². The predicted molar refractivity (Wildman–Crippen MR) is 94.7 cm³/mol. The number of nitrogens with zero attached hydrogens (tertiary/aromatic N) is 14. The van der Waals surface area contributed by atoms with Crippen molar-refractivity contribution in [2.24, 2.45) is 0 Å². The van der Waals surface area contributed by atoms with E-state index >= 15 is 0 Å². The van der Waals surface area contributed by atoms with Crippen LogP contribution in [-0.2, 0) is 11.8 Å². The molecule has 0 saturated heterocycles. The highest BCUT2D eigenvalue weighted by Crippen LogP contribution is 2.27. The molecule has 2 heterocycles. The Morgan fingerprint density at radius 3 is 0.947 bits per heavy atom. The lowest BCUT2D eigenvalue weighted by Gasteiger charge is -2.07. The van der Waals surface area contributed by atoms with Crippen molar-refractivity contribution in [3.63, 3.8) is 0 Å². The Labute approximate surface area is 197 Å². The average Bonchev–Trinajstić information content (AvgIpc) is 3.39. The van der Waals surface area contributed by atoms with Gasteiger partial charge in [0.05, 0.1) is 10.2 Å². The molecule has 200 valence electrons. The summed E-state index contributed by atoms with van der Waals surface area (Å²) in [7, 11) is 0. The summed E-state index contributed by atoms with van der Waals surface area (Å²) in [5.41, 5.74) is 0. The molecule has 0 spiro atoms. The van der Waals surface area contributed by atoms with E-state index < -0.39 is 89.9 Å². The van der Waals surface area contributed by atoms with Crippen molar-refractivity contribution in [2.75, 3.05) is 0 Å². The number of hydrogen-bond acceptors (Lipinski definition) is 21. The molecule has 0 unspecified atom stereocenters. The minimum Gasteiger partial charge on any atom is -0.390 e. The highest BCUT2D eigenvalue weighted by atomic mass is 16.8. The third kappa shape index (κ3) is 3.51. The third-order valence-corrected chi connectivity index (χ3v) is 3.96. The summed E-state index contributed by atoms with van der Waals surface area (Å²) in [6.07, 6.45) is 0. The molecule has 0 fully saturated rings. The van der Waals surface area contributed by atoms with E-state index in [2.05, 4.69) is 20.2 Å². The number of ketones is 1.